The van der Waals surface area contributed by atoms with Crippen molar-refractivity contribution in [1.82, 2.24) is 0 Å². The third-order valence-electron chi connectivity index (χ3n) is 4.58. The number of carbonyl (C=O) groups excluding carboxylic acids is 2. The molecule has 0 unspecified atom stereocenters. The zero-order valence-electron chi connectivity index (χ0n) is 15.6. The molecule has 0 atom stereocenters. The van der Waals surface area contributed by atoms with Gasteiger partial charge < -0.3 is 9.15 Å². The molecule has 0 amide bonds. The highest BCUT2D eigenvalue weighted by molar-refractivity contribution is 9.10. The largest absolute Gasteiger partial charge is 0.457 e. The number of esters is 1. The minimum atomic E-state index is -0.645. The average molecular weight is 463 g/mol. The van der Waals surface area contributed by atoms with Crippen molar-refractivity contribution in [3.8, 4) is 0 Å². The molecule has 1 heterocycles. The van der Waals surface area contributed by atoms with E-state index in [2.05, 4.69) is 15.9 Å². The SMILES string of the molecule is O=C(OCc1cc(=O)oc2cc(Br)ccc12)c1ccccc1C(=O)c1ccccc1. The van der Waals surface area contributed by atoms with E-state index in [0.717, 1.165) is 4.47 Å². The molecule has 0 spiro atoms. The Morgan fingerprint density at radius 2 is 1.57 bits per heavy atom. The lowest BCUT2D eigenvalue weighted by Gasteiger charge is -2.10. The lowest BCUT2D eigenvalue weighted by atomic mass is 9.98. The third kappa shape index (κ3) is 4.09. The van der Waals surface area contributed by atoms with Gasteiger partial charge in [-0.15, -0.1) is 0 Å². The summed E-state index contributed by atoms with van der Waals surface area (Å²) in [6, 6.07) is 21.8. The van der Waals surface area contributed by atoms with E-state index in [0.29, 0.717) is 22.1 Å². The zero-order chi connectivity index (χ0) is 21.1. The van der Waals surface area contributed by atoms with Crippen LogP contribution in [0.3, 0.4) is 0 Å². The smallest absolute Gasteiger partial charge is 0.339 e. The quantitative estimate of drug-likeness (QED) is 0.233. The first-order chi connectivity index (χ1) is 14.5. The highest BCUT2D eigenvalue weighted by Gasteiger charge is 2.19. The van der Waals surface area contributed by atoms with Crippen LogP contribution in [0, 0.1) is 0 Å². The topological polar surface area (TPSA) is 73.6 Å². The summed E-state index contributed by atoms with van der Waals surface area (Å²) in [7, 11) is 0. The molecule has 5 nitrogen and oxygen atoms in total. The molecule has 0 N–H and O–H groups in total. The first-order valence-electron chi connectivity index (χ1n) is 9.11. The maximum Gasteiger partial charge on any atom is 0.339 e. The summed E-state index contributed by atoms with van der Waals surface area (Å²) in [5.74, 6) is -0.910. The fourth-order valence-corrected chi connectivity index (χ4v) is 3.49. The molecule has 0 saturated heterocycles. The Bertz CT molecular complexity index is 1310. The second-order valence-corrected chi connectivity index (χ2v) is 7.46. The van der Waals surface area contributed by atoms with Gasteiger partial charge in [-0.1, -0.05) is 64.5 Å². The van der Waals surface area contributed by atoms with Crippen LogP contribution in [0.1, 0.15) is 31.8 Å². The number of hydrogen-bond donors (Lipinski definition) is 0. The Balaban J connectivity index is 1.61. The van der Waals surface area contributed by atoms with Gasteiger partial charge >= 0.3 is 11.6 Å². The predicted molar refractivity (Wildman–Crippen MR) is 116 cm³/mol. The van der Waals surface area contributed by atoms with Crippen molar-refractivity contribution in [1.29, 1.82) is 0 Å². The van der Waals surface area contributed by atoms with Gasteiger partial charge in [-0.2, -0.15) is 0 Å². The van der Waals surface area contributed by atoms with Crippen molar-refractivity contribution in [2.45, 2.75) is 6.61 Å². The molecule has 0 aliphatic carbocycles. The molecule has 0 saturated carbocycles. The minimum absolute atomic E-state index is 0.129. The highest BCUT2D eigenvalue weighted by Crippen LogP contribution is 2.23. The minimum Gasteiger partial charge on any atom is -0.457 e. The van der Waals surface area contributed by atoms with E-state index in [1.165, 1.54) is 6.07 Å². The van der Waals surface area contributed by atoms with Gasteiger partial charge in [-0.3, -0.25) is 4.79 Å². The number of benzene rings is 3. The van der Waals surface area contributed by atoms with Crippen molar-refractivity contribution in [2.75, 3.05) is 0 Å². The standard InChI is InChI=1S/C24H15BrO5/c25-17-10-11-18-16(12-22(26)30-21(18)13-17)14-29-24(28)20-9-5-4-8-19(20)23(27)15-6-2-1-3-7-15/h1-13H,14H2. The second-order valence-electron chi connectivity index (χ2n) is 6.55. The summed E-state index contributed by atoms with van der Waals surface area (Å²) in [5, 5.41) is 0.666. The number of hydrogen-bond acceptors (Lipinski definition) is 5. The molecule has 0 fully saturated rings. The number of ketones is 1. The van der Waals surface area contributed by atoms with E-state index in [9.17, 15) is 14.4 Å². The van der Waals surface area contributed by atoms with Gasteiger partial charge in [-0.05, 0) is 24.3 Å². The summed E-state index contributed by atoms with van der Waals surface area (Å²) < 4.78 is 11.4. The average Bonchev–Trinajstić information content (AvgIpc) is 2.77. The van der Waals surface area contributed by atoms with E-state index in [4.69, 9.17) is 9.15 Å². The van der Waals surface area contributed by atoms with Crippen molar-refractivity contribution >= 4 is 38.7 Å². The van der Waals surface area contributed by atoms with Crippen molar-refractivity contribution in [3.05, 3.63) is 116 Å². The number of fused-ring (bicyclic) bond motifs is 1. The van der Waals surface area contributed by atoms with E-state index < -0.39 is 11.6 Å². The molecule has 0 bridgehead atoms. The van der Waals surface area contributed by atoms with Crippen LogP contribution in [-0.4, -0.2) is 11.8 Å². The van der Waals surface area contributed by atoms with Crippen LogP contribution in [0.15, 0.2) is 92.5 Å². The van der Waals surface area contributed by atoms with Gasteiger partial charge in [0.15, 0.2) is 5.78 Å². The molecule has 148 valence electrons. The van der Waals surface area contributed by atoms with Crippen LogP contribution in [0.5, 0.6) is 0 Å². The lowest BCUT2D eigenvalue weighted by molar-refractivity contribution is 0.0471. The number of rotatable bonds is 5. The molecule has 4 rings (SSSR count). The first-order valence-corrected chi connectivity index (χ1v) is 9.90. The van der Waals surface area contributed by atoms with Crippen LogP contribution in [-0.2, 0) is 11.3 Å². The molecular formula is C24H15BrO5. The maximum absolute atomic E-state index is 12.8. The van der Waals surface area contributed by atoms with E-state index in [1.54, 1.807) is 60.7 Å². The van der Waals surface area contributed by atoms with Gasteiger partial charge in [0.1, 0.15) is 12.2 Å². The van der Waals surface area contributed by atoms with Crippen LogP contribution < -0.4 is 5.63 Å². The first kappa shape index (κ1) is 19.8. The molecular weight excluding hydrogens is 448 g/mol. The van der Waals surface area contributed by atoms with Gasteiger partial charge in [0.05, 0.1) is 5.56 Å². The number of ether oxygens (including phenoxy) is 1. The van der Waals surface area contributed by atoms with Crippen LogP contribution >= 0.6 is 15.9 Å². The van der Waals surface area contributed by atoms with E-state index in [-0.39, 0.29) is 23.5 Å². The molecule has 0 aliphatic heterocycles. The number of halogens is 1. The summed E-state index contributed by atoms with van der Waals surface area (Å²) in [6.07, 6.45) is 0. The van der Waals surface area contributed by atoms with Gasteiger partial charge in [-0.25, -0.2) is 9.59 Å². The molecule has 0 aliphatic rings. The molecule has 1 aromatic heterocycles. The van der Waals surface area contributed by atoms with Gasteiger partial charge in [0, 0.05) is 32.6 Å². The summed E-state index contributed by atoms with van der Waals surface area (Å²) >= 11 is 3.34. The Morgan fingerprint density at radius 3 is 2.33 bits per heavy atom. The van der Waals surface area contributed by atoms with Crippen molar-refractivity contribution in [2.24, 2.45) is 0 Å². The Hall–Kier alpha value is -3.51. The summed E-state index contributed by atoms with van der Waals surface area (Å²) in [5.41, 5.74) is 1.29. The molecule has 3 aromatic carbocycles. The Morgan fingerprint density at radius 1 is 0.867 bits per heavy atom. The van der Waals surface area contributed by atoms with Crippen molar-refractivity contribution < 1.29 is 18.7 Å². The highest BCUT2D eigenvalue weighted by atomic mass is 79.9. The van der Waals surface area contributed by atoms with Gasteiger partial charge in [0.2, 0.25) is 0 Å². The Kier molecular flexibility index (Phi) is 5.59. The van der Waals surface area contributed by atoms with Crippen molar-refractivity contribution in [3.63, 3.8) is 0 Å². The summed E-state index contributed by atoms with van der Waals surface area (Å²) in [6.45, 7) is -0.129. The zero-order valence-corrected chi connectivity index (χ0v) is 17.2. The van der Waals surface area contributed by atoms with Crippen LogP contribution in [0.25, 0.3) is 11.0 Å². The van der Waals surface area contributed by atoms with E-state index in [1.807, 2.05) is 12.1 Å². The normalized spacial score (nSPS) is 10.7. The van der Waals surface area contributed by atoms with Crippen LogP contribution in [0.4, 0.5) is 0 Å². The third-order valence-corrected chi connectivity index (χ3v) is 5.07. The monoisotopic (exact) mass is 462 g/mol. The van der Waals surface area contributed by atoms with Crippen LogP contribution in [0.2, 0.25) is 0 Å². The van der Waals surface area contributed by atoms with Gasteiger partial charge in [0.25, 0.3) is 0 Å². The molecule has 30 heavy (non-hydrogen) atoms. The second kappa shape index (κ2) is 8.47. The molecule has 4 aromatic rings. The fraction of sp³-hybridized carbons (Fsp3) is 0.0417. The Labute approximate surface area is 180 Å². The lowest BCUT2D eigenvalue weighted by Crippen LogP contribution is -2.13. The predicted octanol–water partition coefficient (Wildman–Crippen LogP) is 5.14. The molecule has 0 radical (unpaired) electrons. The maximum atomic E-state index is 12.8. The molecule has 6 heteroatoms. The van der Waals surface area contributed by atoms with E-state index >= 15 is 0 Å². The summed E-state index contributed by atoms with van der Waals surface area (Å²) in [4.78, 5) is 37.5. The number of carbonyl (C=O) groups is 2. The fourth-order valence-electron chi connectivity index (χ4n) is 3.15.